The summed E-state index contributed by atoms with van der Waals surface area (Å²) in [6, 6.07) is 15.9. The van der Waals surface area contributed by atoms with Gasteiger partial charge in [-0.2, -0.15) is 14.4 Å². The predicted molar refractivity (Wildman–Crippen MR) is 144 cm³/mol. The number of aromatic nitrogens is 4. The van der Waals surface area contributed by atoms with Crippen molar-refractivity contribution in [1.29, 1.82) is 5.26 Å². The lowest BCUT2D eigenvalue weighted by Crippen LogP contribution is -2.31. The number of nitrogens with one attached hydrogen (secondary N) is 1. The summed E-state index contributed by atoms with van der Waals surface area (Å²) in [5, 5.41) is 21.2. The minimum atomic E-state index is -3.47. The average Bonchev–Trinajstić information content (AvgIpc) is 3.56. The van der Waals surface area contributed by atoms with Crippen molar-refractivity contribution in [3.05, 3.63) is 72.3 Å². The van der Waals surface area contributed by atoms with Crippen molar-refractivity contribution in [1.82, 2.24) is 19.0 Å². The molecule has 5 rings (SSSR count). The summed E-state index contributed by atoms with van der Waals surface area (Å²) in [6.07, 6.45) is 8.31. The maximum absolute atomic E-state index is 14.5. The second-order valence-electron chi connectivity index (χ2n) is 9.72. The number of rotatable bonds is 7. The zero-order valence-electron chi connectivity index (χ0n) is 20.9. The molecule has 11 heteroatoms. The van der Waals surface area contributed by atoms with Crippen molar-refractivity contribution < 1.29 is 12.8 Å². The first kappa shape index (κ1) is 25.6. The number of hydrogen-bond acceptors (Lipinski definition) is 7. The first-order chi connectivity index (χ1) is 18.2. The summed E-state index contributed by atoms with van der Waals surface area (Å²) in [5.41, 5.74) is 9.55. The summed E-state index contributed by atoms with van der Waals surface area (Å²) >= 11 is 0. The highest BCUT2D eigenvalue weighted by atomic mass is 32.2. The van der Waals surface area contributed by atoms with Gasteiger partial charge in [-0.15, -0.1) is 5.10 Å². The van der Waals surface area contributed by atoms with E-state index in [4.69, 9.17) is 16.1 Å². The number of nitrogens with zero attached hydrogens (tertiary/aromatic N) is 5. The van der Waals surface area contributed by atoms with Gasteiger partial charge in [0.1, 0.15) is 17.7 Å². The van der Waals surface area contributed by atoms with Crippen LogP contribution in [0.3, 0.4) is 0 Å². The monoisotopic (exact) mass is 533 g/mol. The van der Waals surface area contributed by atoms with E-state index in [2.05, 4.69) is 10.4 Å². The van der Waals surface area contributed by atoms with Crippen LogP contribution in [0.15, 0.2) is 60.9 Å². The molecule has 196 valence electrons. The van der Waals surface area contributed by atoms with Gasteiger partial charge in [0.25, 0.3) is 10.0 Å². The normalized spacial score (nSPS) is 17.7. The van der Waals surface area contributed by atoms with Gasteiger partial charge in [-0.3, -0.25) is 0 Å². The molecule has 2 aromatic carbocycles. The molecule has 1 aliphatic rings. The summed E-state index contributed by atoms with van der Waals surface area (Å²) < 4.78 is 40.7. The second-order valence-corrected chi connectivity index (χ2v) is 11.6. The molecule has 38 heavy (non-hydrogen) atoms. The van der Waals surface area contributed by atoms with Gasteiger partial charge in [0.15, 0.2) is 0 Å². The molecule has 1 fully saturated rings. The number of halogens is 1. The summed E-state index contributed by atoms with van der Waals surface area (Å²) in [5.74, 6) is 0.524. The zero-order chi connectivity index (χ0) is 26.9. The van der Waals surface area contributed by atoms with Crippen molar-refractivity contribution in [2.75, 3.05) is 18.1 Å². The Kier molecular flexibility index (Phi) is 7.01. The fourth-order valence-electron chi connectivity index (χ4n) is 4.83. The number of anilines is 1. The first-order valence-corrected chi connectivity index (χ1v) is 14.2. The Hall–Kier alpha value is -4.01. The Morgan fingerprint density at radius 3 is 2.55 bits per heavy atom. The van der Waals surface area contributed by atoms with Crippen LogP contribution >= 0.6 is 0 Å². The lowest BCUT2D eigenvalue weighted by atomic mass is 9.86. The molecule has 1 aliphatic carbocycles. The van der Waals surface area contributed by atoms with E-state index in [1.54, 1.807) is 10.7 Å². The van der Waals surface area contributed by atoms with Crippen LogP contribution in [0.25, 0.3) is 28.1 Å². The van der Waals surface area contributed by atoms with Crippen molar-refractivity contribution in [3.63, 3.8) is 0 Å². The van der Waals surface area contributed by atoms with E-state index >= 15 is 0 Å². The molecular weight excluding hydrogens is 505 g/mol. The maximum atomic E-state index is 14.5. The molecule has 2 atom stereocenters. The Morgan fingerprint density at radius 1 is 1.13 bits per heavy atom. The van der Waals surface area contributed by atoms with Gasteiger partial charge in [-0.25, -0.2) is 17.5 Å². The molecule has 0 spiro atoms. The topological polar surface area (TPSA) is 132 Å². The maximum Gasteiger partial charge on any atom is 0.250 e. The van der Waals surface area contributed by atoms with E-state index in [1.165, 1.54) is 24.5 Å². The molecule has 0 aliphatic heterocycles. The Morgan fingerprint density at radius 2 is 1.89 bits per heavy atom. The largest absolute Gasteiger partial charge is 0.368 e. The fraction of sp³-hybridized carbons (Fsp3) is 0.296. The predicted octanol–water partition coefficient (Wildman–Crippen LogP) is 4.15. The third kappa shape index (κ3) is 5.46. The van der Waals surface area contributed by atoms with Crippen molar-refractivity contribution in [3.8, 4) is 34.1 Å². The molecule has 9 nitrogen and oxygen atoms in total. The highest BCUT2D eigenvalue weighted by Gasteiger charge is 2.20. The Balaban J connectivity index is 1.47. The summed E-state index contributed by atoms with van der Waals surface area (Å²) in [6.45, 7) is 0.745. The molecule has 3 N–H and O–H groups in total. The van der Waals surface area contributed by atoms with Gasteiger partial charge in [-0.1, -0.05) is 24.6 Å². The van der Waals surface area contributed by atoms with Gasteiger partial charge >= 0.3 is 0 Å². The van der Waals surface area contributed by atoms with E-state index in [1.807, 2.05) is 36.4 Å². The van der Waals surface area contributed by atoms with E-state index in [-0.39, 0.29) is 11.6 Å². The van der Waals surface area contributed by atoms with Gasteiger partial charge < -0.3 is 11.1 Å². The van der Waals surface area contributed by atoms with Crippen LogP contribution in [0, 0.1) is 23.1 Å². The molecular formula is C27H28FN7O2S. The van der Waals surface area contributed by atoms with E-state index in [9.17, 15) is 12.8 Å². The molecule has 0 bridgehead atoms. The van der Waals surface area contributed by atoms with Crippen LogP contribution < -0.4 is 11.1 Å². The quantitative estimate of drug-likeness (QED) is 0.365. The van der Waals surface area contributed by atoms with E-state index < -0.39 is 15.8 Å². The van der Waals surface area contributed by atoms with Crippen LogP contribution in [-0.2, 0) is 10.0 Å². The van der Waals surface area contributed by atoms with Crippen LogP contribution in [0.2, 0.25) is 0 Å². The summed E-state index contributed by atoms with van der Waals surface area (Å²) in [7, 11) is -3.47. The minimum absolute atomic E-state index is 0.0224. The second kappa shape index (κ2) is 10.4. The van der Waals surface area contributed by atoms with Gasteiger partial charge in [0.2, 0.25) is 0 Å². The number of nitriles is 1. The van der Waals surface area contributed by atoms with Crippen LogP contribution in [-0.4, -0.2) is 46.2 Å². The molecule has 0 unspecified atom stereocenters. The average molecular weight is 534 g/mol. The Labute approximate surface area is 220 Å². The van der Waals surface area contributed by atoms with Crippen LogP contribution in [0.4, 0.5) is 10.2 Å². The number of hydrogen-bond donors (Lipinski definition) is 2. The Bertz CT molecular complexity index is 1600. The van der Waals surface area contributed by atoms with E-state index in [0.717, 1.165) is 53.8 Å². The third-order valence-electron chi connectivity index (χ3n) is 6.84. The smallest absolute Gasteiger partial charge is 0.250 e. The highest BCUT2D eigenvalue weighted by molar-refractivity contribution is 7.89. The lowest BCUT2D eigenvalue weighted by Gasteiger charge is -2.26. The lowest BCUT2D eigenvalue weighted by molar-refractivity contribution is 0.335. The minimum Gasteiger partial charge on any atom is -0.368 e. The molecule has 4 aromatic rings. The fourth-order valence-corrected chi connectivity index (χ4v) is 5.36. The van der Waals surface area contributed by atoms with Gasteiger partial charge in [0, 0.05) is 29.8 Å². The van der Waals surface area contributed by atoms with Gasteiger partial charge in [-0.05, 0) is 55.0 Å². The first-order valence-electron chi connectivity index (χ1n) is 12.4. The summed E-state index contributed by atoms with van der Waals surface area (Å²) in [4.78, 5) is 0. The van der Waals surface area contributed by atoms with Crippen LogP contribution in [0.1, 0.15) is 31.2 Å². The van der Waals surface area contributed by atoms with Crippen molar-refractivity contribution in [2.24, 2.45) is 11.7 Å². The standard InChI is InChI=1S/C27H28FN7O2S/c1-38(36,37)34-17-22(16-32-34)19-7-9-24(10-8-19)35-26(20-5-6-21(14-29)25(28)12-20)13-27(33-35)31-15-18-3-2-4-23(30)11-18/h5-10,12-13,16-18,23H,2-4,11,15,30H2,1H3,(H,31,33)/t18-,23-/m0/s1. The van der Waals surface area contributed by atoms with Gasteiger partial charge in [0.05, 0.1) is 35.6 Å². The van der Waals surface area contributed by atoms with Crippen molar-refractivity contribution in [2.45, 2.75) is 31.7 Å². The molecule has 1 saturated carbocycles. The number of benzene rings is 2. The third-order valence-corrected chi connectivity index (χ3v) is 7.71. The van der Waals surface area contributed by atoms with Crippen molar-refractivity contribution >= 4 is 15.8 Å². The SMILES string of the molecule is CS(=O)(=O)n1cc(-c2ccc(-n3nc(NC[C@H]4CCC[C@H](N)C4)cc3-c3ccc(C#N)c(F)c3)cc2)cn1. The zero-order valence-corrected chi connectivity index (χ0v) is 21.7. The molecule has 0 saturated heterocycles. The highest BCUT2D eigenvalue weighted by Crippen LogP contribution is 2.30. The molecule has 2 aromatic heterocycles. The molecule has 0 amide bonds. The number of nitrogens with two attached hydrogens (primary N) is 1. The molecule has 2 heterocycles. The van der Waals surface area contributed by atoms with Crippen LogP contribution in [0.5, 0.6) is 0 Å². The molecule has 0 radical (unpaired) electrons. The van der Waals surface area contributed by atoms with E-state index in [0.29, 0.717) is 28.6 Å².